The van der Waals surface area contributed by atoms with Gasteiger partial charge in [-0.05, 0) is 35.4 Å². The lowest BCUT2D eigenvalue weighted by atomic mass is 9.91. The maximum absolute atomic E-state index is 14.8. The van der Waals surface area contributed by atoms with Gasteiger partial charge in [0.1, 0.15) is 5.75 Å². The van der Waals surface area contributed by atoms with Crippen LogP contribution in [0.5, 0.6) is 5.75 Å². The summed E-state index contributed by atoms with van der Waals surface area (Å²) in [6.45, 7) is 0. The largest absolute Gasteiger partial charge is 0.497 e. The predicted molar refractivity (Wildman–Crippen MR) is 103 cm³/mol. The van der Waals surface area contributed by atoms with Gasteiger partial charge in [-0.25, -0.2) is 0 Å². The Labute approximate surface area is 187 Å². The van der Waals surface area contributed by atoms with Gasteiger partial charge in [-0.3, -0.25) is 4.79 Å². The smallest absolute Gasteiger partial charge is 0.460 e. The number of halogens is 7. The van der Waals surface area contributed by atoms with Crippen molar-refractivity contribution in [2.75, 3.05) is 7.11 Å². The van der Waals surface area contributed by atoms with E-state index in [4.69, 9.17) is 4.74 Å². The Hall–Kier alpha value is -3.19. The van der Waals surface area contributed by atoms with Crippen LogP contribution in [0.1, 0.15) is 23.7 Å². The molecular weight excluding hydrogens is 477 g/mol. The molecule has 0 fully saturated rings. The highest BCUT2D eigenvalue weighted by molar-refractivity contribution is 6.04. The number of amides is 1. The van der Waals surface area contributed by atoms with Gasteiger partial charge in [0.05, 0.1) is 12.8 Å². The van der Waals surface area contributed by atoms with E-state index in [2.05, 4.69) is 5.10 Å². The fraction of sp³-hybridized carbons (Fsp3) is 0.333. The second-order valence-corrected chi connectivity index (χ2v) is 7.38. The average Bonchev–Trinajstić information content (AvgIpc) is 3.17. The van der Waals surface area contributed by atoms with Gasteiger partial charge in [0.2, 0.25) is 5.72 Å². The number of methoxy groups -OCH3 is 1. The van der Waals surface area contributed by atoms with Crippen molar-refractivity contribution in [1.82, 2.24) is 5.01 Å². The molecule has 0 unspecified atom stereocenters. The quantitative estimate of drug-likeness (QED) is 0.598. The molecule has 0 saturated heterocycles. The highest BCUT2D eigenvalue weighted by Crippen LogP contribution is 2.55. The van der Waals surface area contributed by atoms with Crippen LogP contribution in [0.2, 0.25) is 0 Å². The van der Waals surface area contributed by atoms with Gasteiger partial charge in [0.25, 0.3) is 5.91 Å². The van der Waals surface area contributed by atoms with Gasteiger partial charge in [-0.15, -0.1) is 0 Å². The van der Waals surface area contributed by atoms with E-state index in [-0.39, 0.29) is 11.1 Å². The molecule has 13 heteroatoms. The molecule has 184 valence electrons. The van der Waals surface area contributed by atoms with Crippen molar-refractivity contribution in [3.05, 3.63) is 65.7 Å². The van der Waals surface area contributed by atoms with E-state index in [1.807, 2.05) is 0 Å². The fourth-order valence-electron chi connectivity index (χ4n) is 3.29. The number of rotatable bonds is 6. The lowest BCUT2D eigenvalue weighted by Crippen LogP contribution is -2.69. The average molecular weight is 494 g/mol. The van der Waals surface area contributed by atoms with E-state index >= 15 is 0 Å². The molecule has 1 aliphatic rings. The Morgan fingerprint density at radius 1 is 1.03 bits per heavy atom. The minimum atomic E-state index is -6.78. The SMILES string of the molecule is COc1ccc(C2=NN(C(=O)[C@@H](O)c3ccccc3)[C@@](O)(C(F)(F)C(F)(F)C(F)(F)F)C2)cc1. The molecule has 1 heterocycles. The number of hydrogen-bond acceptors (Lipinski definition) is 5. The van der Waals surface area contributed by atoms with Gasteiger partial charge in [-0.1, -0.05) is 30.3 Å². The number of nitrogens with zero attached hydrogens (tertiary/aromatic N) is 2. The molecule has 2 aromatic carbocycles. The predicted octanol–water partition coefficient (Wildman–Crippen LogP) is 3.89. The molecule has 2 atom stereocenters. The first-order valence-electron chi connectivity index (χ1n) is 9.51. The van der Waals surface area contributed by atoms with Crippen LogP contribution in [0.3, 0.4) is 0 Å². The maximum Gasteiger partial charge on any atom is 0.460 e. The van der Waals surface area contributed by atoms with Gasteiger partial charge in [0, 0.05) is 6.42 Å². The summed E-state index contributed by atoms with van der Waals surface area (Å²) in [5.74, 6) is -14.6. The van der Waals surface area contributed by atoms with E-state index in [0.717, 1.165) is 0 Å². The minimum Gasteiger partial charge on any atom is -0.497 e. The van der Waals surface area contributed by atoms with E-state index in [1.165, 1.54) is 61.7 Å². The monoisotopic (exact) mass is 494 g/mol. The van der Waals surface area contributed by atoms with Crippen LogP contribution in [0.25, 0.3) is 0 Å². The van der Waals surface area contributed by atoms with Gasteiger partial charge in [-0.2, -0.15) is 40.8 Å². The number of carbonyl (C=O) groups is 1. The third-order valence-electron chi connectivity index (χ3n) is 5.22. The van der Waals surface area contributed by atoms with Crippen molar-refractivity contribution >= 4 is 11.6 Å². The molecule has 0 aromatic heterocycles. The molecule has 1 aliphatic heterocycles. The molecule has 0 saturated carbocycles. The van der Waals surface area contributed by atoms with Crippen LogP contribution in [-0.4, -0.2) is 57.7 Å². The number of carbonyl (C=O) groups excluding carboxylic acids is 1. The molecule has 0 bridgehead atoms. The molecule has 34 heavy (non-hydrogen) atoms. The number of hydrogen-bond donors (Lipinski definition) is 2. The Morgan fingerprint density at radius 2 is 1.59 bits per heavy atom. The zero-order valence-corrected chi connectivity index (χ0v) is 17.2. The number of ether oxygens (including phenoxy) is 1. The summed E-state index contributed by atoms with van der Waals surface area (Å²) in [5.41, 5.74) is -5.34. The summed E-state index contributed by atoms with van der Waals surface area (Å²) < 4.78 is 101. The second kappa shape index (κ2) is 8.55. The molecule has 1 amide bonds. The van der Waals surface area contributed by atoms with Crippen LogP contribution in [0.4, 0.5) is 30.7 Å². The third-order valence-corrected chi connectivity index (χ3v) is 5.22. The molecule has 0 spiro atoms. The fourth-order valence-corrected chi connectivity index (χ4v) is 3.29. The number of aliphatic hydroxyl groups is 2. The standard InChI is InChI=1S/C21H17F7N2O4/c1-34-14-9-7-12(8-10-14)15-11-18(33,19(22,23)20(24,25)21(26,27)28)30(29-15)17(32)16(31)13-5-3-2-4-6-13/h2-10,16,31,33H,11H2,1H3/t16-,18-/m0/s1. The lowest BCUT2D eigenvalue weighted by Gasteiger charge is -2.41. The van der Waals surface area contributed by atoms with Crippen LogP contribution in [0, 0.1) is 0 Å². The summed E-state index contributed by atoms with van der Waals surface area (Å²) >= 11 is 0. The normalized spacial score (nSPS) is 20.2. The molecular formula is C21H17F7N2O4. The molecule has 2 N–H and O–H groups in total. The summed E-state index contributed by atoms with van der Waals surface area (Å²) in [4.78, 5) is 12.8. The van der Waals surface area contributed by atoms with Crippen molar-refractivity contribution in [1.29, 1.82) is 0 Å². The topological polar surface area (TPSA) is 82.4 Å². The molecule has 2 aromatic rings. The molecule has 3 rings (SSSR count). The van der Waals surface area contributed by atoms with Gasteiger partial charge >= 0.3 is 18.0 Å². The number of alkyl halides is 7. The highest BCUT2D eigenvalue weighted by atomic mass is 19.4. The van der Waals surface area contributed by atoms with Gasteiger partial charge < -0.3 is 14.9 Å². The summed E-state index contributed by atoms with van der Waals surface area (Å²) in [7, 11) is 1.31. The van der Waals surface area contributed by atoms with Crippen LogP contribution < -0.4 is 4.74 Å². The number of benzene rings is 2. The second-order valence-electron chi connectivity index (χ2n) is 7.38. The van der Waals surface area contributed by atoms with E-state index in [0.29, 0.717) is 5.75 Å². The van der Waals surface area contributed by atoms with E-state index in [9.17, 15) is 45.7 Å². The van der Waals surface area contributed by atoms with Gasteiger partial charge in [0.15, 0.2) is 6.10 Å². The first kappa shape index (κ1) is 25.4. The van der Waals surface area contributed by atoms with E-state index in [1.54, 1.807) is 0 Å². The van der Waals surface area contributed by atoms with Crippen molar-refractivity contribution in [2.45, 2.75) is 36.3 Å². The third kappa shape index (κ3) is 3.98. The Kier molecular flexibility index (Phi) is 6.39. The van der Waals surface area contributed by atoms with Crippen molar-refractivity contribution in [3.63, 3.8) is 0 Å². The zero-order chi connectivity index (χ0) is 25.5. The van der Waals surface area contributed by atoms with Crippen LogP contribution >= 0.6 is 0 Å². The van der Waals surface area contributed by atoms with Crippen LogP contribution in [-0.2, 0) is 4.79 Å². The Bertz CT molecular complexity index is 1070. The summed E-state index contributed by atoms with van der Waals surface area (Å²) in [6, 6.07) is 11.6. The molecule has 6 nitrogen and oxygen atoms in total. The van der Waals surface area contributed by atoms with Crippen molar-refractivity contribution in [3.8, 4) is 5.75 Å². The lowest BCUT2D eigenvalue weighted by molar-refractivity contribution is -0.401. The first-order chi connectivity index (χ1) is 15.7. The first-order valence-corrected chi connectivity index (χ1v) is 9.51. The summed E-state index contributed by atoms with van der Waals surface area (Å²) in [5, 5.41) is 23.7. The Morgan fingerprint density at radius 3 is 2.09 bits per heavy atom. The summed E-state index contributed by atoms with van der Waals surface area (Å²) in [6.07, 6.45) is -10.7. The number of aliphatic hydroxyl groups excluding tert-OH is 1. The van der Waals surface area contributed by atoms with Crippen LogP contribution in [0.15, 0.2) is 59.7 Å². The van der Waals surface area contributed by atoms with Crippen molar-refractivity contribution in [2.24, 2.45) is 5.10 Å². The van der Waals surface area contributed by atoms with Crippen molar-refractivity contribution < 1.29 is 50.5 Å². The maximum atomic E-state index is 14.8. The zero-order valence-electron chi connectivity index (χ0n) is 17.2. The molecule has 0 aliphatic carbocycles. The Balaban J connectivity index is 2.12. The van der Waals surface area contributed by atoms with E-state index < -0.39 is 52.9 Å². The highest BCUT2D eigenvalue weighted by Gasteiger charge is 2.82. The number of hydrazone groups is 1. The molecule has 0 radical (unpaired) electrons. The minimum absolute atomic E-state index is 0.0742.